The molecule has 0 aliphatic carbocycles. The van der Waals surface area contributed by atoms with Gasteiger partial charge in [0.25, 0.3) is 5.91 Å². The summed E-state index contributed by atoms with van der Waals surface area (Å²) < 4.78 is 38.6. The van der Waals surface area contributed by atoms with E-state index < -0.39 is 23.8 Å². The van der Waals surface area contributed by atoms with Crippen LogP contribution in [0.4, 0.5) is 18.9 Å². The van der Waals surface area contributed by atoms with Gasteiger partial charge in [-0.1, -0.05) is 48.5 Å². The molecule has 0 saturated carbocycles. The molecule has 0 aliphatic heterocycles. The Hall–Kier alpha value is -3.71. The number of amides is 1. The molecule has 0 spiro atoms. The summed E-state index contributed by atoms with van der Waals surface area (Å²) in [7, 11) is 0. The van der Waals surface area contributed by atoms with Crippen molar-refractivity contribution in [2.24, 2.45) is 0 Å². The standard InChI is InChI=1S/C26H21F3N2O2/c27-26(28,29)21-10-8-18(9-11-21)14-16-31(25(33)24(32)19-5-2-1-3-6-19)22-12-13-23-20(17-22)7-4-15-30-23/h1-13,15,17,24,32H,14,16H2. The van der Waals surface area contributed by atoms with Crippen LogP contribution < -0.4 is 4.90 Å². The third-order valence-corrected chi connectivity index (χ3v) is 5.42. The minimum absolute atomic E-state index is 0.180. The lowest BCUT2D eigenvalue weighted by atomic mass is 10.1. The number of aliphatic hydroxyl groups excluding tert-OH is 1. The zero-order chi connectivity index (χ0) is 23.4. The van der Waals surface area contributed by atoms with E-state index >= 15 is 0 Å². The maximum absolute atomic E-state index is 13.3. The fraction of sp³-hybridized carbons (Fsp3) is 0.154. The van der Waals surface area contributed by atoms with E-state index in [0.29, 0.717) is 23.2 Å². The van der Waals surface area contributed by atoms with Crippen LogP contribution in [-0.2, 0) is 17.4 Å². The molecule has 4 rings (SSSR count). The van der Waals surface area contributed by atoms with Crippen LogP contribution in [0.15, 0.2) is 91.1 Å². The molecule has 3 aromatic carbocycles. The third-order valence-electron chi connectivity index (χ3n) is 5.42. The summed E-state index contributed by atoms with van der Waals surface area (Å²) in [6, 6.07) is 22.5. The summed E-state index contributed by atoms with van der Waals surface area (Å²) in [5, 5.41) is 11.6. The number of halogens is 3. The lowest BCUT2D eigenvalue weighted by molar-refractivity contribution is -0.137. The summed E-state index contributed by atoms with van der Waals surface area (Å²) in [5.41, 5.74) is 1.73. The van der Waals surface area contributed by atoms with E-state index in [1.54, 1.807) is 54.7 Å². The Bertz CT molecular complexity index is 1240. The van der Waals surface area contributed by atoms with Gasteiger partial charge in [0, 0.05) is 23.8 Å². The summed E-state index contributed by atoms with van der Waals surface area (Å²) >= 11 is 0. The Morgan fingerprint density at radius 2 is 1.67 bits per heavy atom. The number of carbonyl (C=O) groups excluding carboxylic acids is 1. The van der Waals surface area contributed by atoms with E-state index in [-0.39, 0.29) is 6.54 Å². The molecule has 4 aromatic rings. The average molecular weight is 450 g/mol. The highest BCUT2D eigenvalue weighted by Crippen LogP contribution is 2.29. The molecule has 1 aromatic heterocycles. The Morgan fingerprint density at radius 3 is 2.36 bits per heavy atom. The topological polar surface area (TPSA) is 53.4 Å². The van der Waals surface area contributed by atoms with Gasteiger partial charge in [0.1, 0.15) is 0 Å². The molecule has 1 atom stereocenters. The number of aromatic nitrogens is 1. The van der Waals surface area contributed by atoms with E-state index in [2.05, 4.69) is 4.98 Å². The van der Waals surface area contributed by atoms with Gasteiger partial charge in [-0.3, -0.25) is 9.78 Å². The number of fused-ring (bicyclic) bond motifs is 1. The minimum atomic E-state index is -4.40. The number of hydrogen-bond acceptors (Lipinski definition) is 3. The Morgan fingerprint density at radius 1 is 0.939 bits per heavy atom. The van der Waals surface area contributed by atoms with Gasteiger partial charge in [-0.25, -0.2) is 0 Å². The molecule has 1 amide bonds. The summed E-state index contributed by atoms with van der Waals surface area (Å²) in [6.07, 6.45) is -3.78. The first-order valence-electron chi connectivity index (χ1n) is 10.4. The highest BCUT2D eigenvalue weighted by molar-refractivity contribution is 5.98. The van der Waals surface area contributed by atoms with Crippen LogP contribution in [-0.4, -0.2) is 22.5 Å². The first kappa shape index (κ1) is 22.5. The van der Waals surface area contributed by atoms with Crippen molar-refractivity contribution in [1.82, 2.24) is 4.98 Å². The van der Waals surface area contributed by atoms with Crippen molar-refractivity contribution in [3.63, 3.8) is 0 Å². The third kappa shape index (κ3) is 5.21. The van der Waals surface area contributed by atoms with Crippen molar-refractivity contribution in [1.29, 1.82) is 0 Å². The monoisotopic (exact) mass is 450 g/mol. The quantitative estimate of drug-likeness (QED) is 0.418. The number of anilines is 1. The summed E-state index contributed by atoms with van der Waals surface area (Å²) in [6.45, 7) is 0.180. The molecular weight excluding hydrogens is 429 g/mol. The fourth-order valence-electron chi connectivity index (χ4n) is 3.62. The Kier molecular flexibility index (Phi) is 6.42. The van der Waals surface area contributed by atoms with Gasteiger partial charge in [-0.2, -0.15) is 13.2 Å². The number of pyridine rings is 1. The zero-order valence-electron chi connectivity index (χ0n) is 17.5. The highest BCUT2D eigenvalue weighted by Gasteiger charge is 2.30. The van der Waals surface area contributed by atoms with Crippen molar-refractivity contribution >= 4 is 22.5 Å². The van der Waals surface area contributed by atoms with Crippen LogP contribution >= 0.6 is 0 Å². The predicted octanol–water partition coefficient (Wildman–Crippen LogP) is 5.56. The van der Waals surface area contributed by atoms with E-state index in [1.807, 2.05) is 12.1 Å². The van der Waals surface area contributed by atoms with Crippen molar-refractivity contribution in [2.75, 3.05) is 11.4 Å². The van der Waals surface area contributed by atoms with Gasteiger partial charge < -0.3 is 10.0 Å². The maximum atomic E-state index is 13.3. The SMILES string of the molecule is O=C(C(O)c1ccccc1)N(CCc1ccc(C(F)(F)F)cc1)c1ccc2ncccc2c1. The molecular formula is C26H21F3N2O2. The fourth-order valence-corrected chi connectivity index (χ4v) is 3.62. The van der Waals surface area contributed by atoms with Gasteiger partial charge in [0.05, 0.1) is 11.1 Å². The van der Waals surface area contributed by atoms with Crippen LogP contribution in [0.25, 0.3) is 10.9 Å². The molecule has 0 aliphatic rings. The number of rotatable bonds is 6. The lowest BCUT2D eigenvalue weighted by Crippen LogP contribution is -2.37. The average Bonchev–Trinajstić information content (AvgIpc) is 2.83. The van der Waals surface area contributed by atoms with Crippen molar-refractivity contribution in [3.8, 4) is 0 Å². The van der Waals surface area contributed by atoms with Gasteiger partial charge in [-0.05, 0) is 53.9 Å². The van der Waals surface area contributed by atoms with Crippen molar-refractivity contribution < 1.29 is 23.1 Å². The first-order chi connectivity index (χ1) is 15.8. The number of aliphatic hydroxyl groups is 1. The minimum Gasteiger partial charge on any atom is -0.378 e. The number of nitrogens with zero attached hydrogens (tertiary/aromatic N) is 2. The van der Waals surface area contributed by atoms with Crippen molar-refractivity contribution in [2.45, 2.75) is 18.7 Å². The molecule has 1 heterocycles. The van der Waals surface area contributed by atoms with Gasteiger partial charge in [0.15, 0.2) is 6.10 Å². The number of carbonyl (C=O) groups is 1. The first-order valence-corrected chi connectivity index (χ1v) is 10.4. The van der Waals surface area contributed by atoms with Crippen LogP contribution in [0.5, 0.6) is 0 Å². The molecule has 7 heteroatoms. The second kappa shape index (κ2) is 9.42. The maximum Gasteiger partial charge on any atom is 0.416 e. The molecule has 0 bridgehead atoms. The molecule has 4 nitrogen and oxygen atoms in total. The number of benzene rings is 3. The number of hydrogen-bond donors (Lipinski definition) is 1. The second-order valence-corrected chi connectivity index (χ2v) is 7.63. The smallest absolute Gasteiger partial charge is 0.378 e. The van der Waals surface area contributed by atoms with Crippen LogP contribution in [0.3, 0.4) is 0 Å². The van der Waals surface area contributed by atoms with E-state index in [9.17, 15) is 23.1 Å². The van der Waals surface area contributed by atoms with Gasteiger partial charge in [0.2, 0.25) is 0 Å². The van der Waals surface area contributed by atoms with Crippen LogP contribution in [0.2, 0.25) is 0 Å². The molecule has 0 radical (unpaired) electrons. The molecule has 0 fully saturated rings. The largest absolute Gasteiger partial charge is 0.416 e. The Balaban J connectivity index is 1.62. The van der Waals surface area contributed by atoms with E-state index in [1.165, 1.54) is 17.0 Å². The van der Waals surface area contributed by atoms with Gasteiger partial charge >= 0.3 is 6.18 Å². The molecule has 1 N–H and O–H groups in total. The summed E-state index contributed by atoms with van der Waals surface area (Å²) in [4.78, 5) is 19.0. The van der Waals surface area contributed by atoms with Crippen LogP contribution in [0.1, 0.15) is 22.8 Å². The molecule has 0 saturated heterocycles. The number of alkyl halides is 3. The van der Waals surface area contributed by atoms with E-state index in [4.69, 9.17) is 0 Å². The normalized spacial score (nSPS) is 12.5. The molecule has 168 valence electrons. The second-order valence-electron chi connectivity index (χ2n) is 7.63. The highest BCUT2D eigenvalue weighted by atomic mass is 19.4. The zero-order valence-corrected chi connectivity index (χ0v) is 17.5. The molecule has 1 unspecified atom stereocenters. The molecule has 33 heavy (non-hydrogen) atoms. The van der Waals surface area contributed by atoms with Crippen LogP contribution in [0, 0.1) is 0 Å². The van der Waals surface area contributed by atoms with Gasteiger partial charge in [-0.15, -0.1) is 0 Å². The predicted molar refractivity (Wildman–Crippen MR) is 121 cm³/mol. The van der Waals surface area contributed by atoms with E-state index in [0.717, 1.165) is 23.0 Å². The lowest BCUT2D eigenvalue weighted by Gasteiger charge is -2.26. The van der Waals surface area contributed by atoms with Crippen molar-refractivity contribution in [3.05, 3.63) is 108 Å². The summed E-state index contributed by atoms with van der Waals surface area (Å²) in [5.74, 6) is -0.517. The Labute approximate surface area is 188 Å².